The normalized spacial score (nSPS) is 23.5. The van der Waals surface area contributed by atoms with E-state index in [1.807, 2.05) is 6.07 Å². The van der Waals surface area contributed by atoms with E-state index in [2.05, 4.69) is 27.7 Å². The quantitative estimate of drug-likeness (QED) is 0.510. The Morgan fingerprint density at radius 3 is 3.00 bits per heavy atom. The first-order chi connectivity index (χ1) is 15.0. The van der Waals surface area contributed by atoms with E-state index in [4.69, 9.17) is 4.74 Å². The van der Waals surface area contributed by atoms with Crippen molar-refractivity contribution >= 4 is 22.9 Å². The van der Waals surface area contributed by atoms with Crippen LogP contribution in [-0.2, 0) is 22.6 Å². The number of fused-ring (bicyclic) bond motifs is 2. The third kappa shape index (κ3) is 3.96. The number of rotatable bonds is 5. The molecule has 2 atom stereocenters. The largest absolute Gasteiger partial charge is 0.487 e. The minimum atomic E-state index is -0.476. The van der Waals surface area contributed by atoms with E-state index in [1.165, 1.54) is 17.7 Å². The highest BCUT2D eigenvalue weighted by molar-refractivity contribution is 6.36. The molecule has 7 heteroatoms. The molecule has 3 heterocycles. The van der Waals surface area contributed by atoms with Gasteiger partial charge in [0, 0.05) is 41.5 Å². The van der Waals surface area contributed by atoms with Gasteiger partial charge in [0.2, 0.25) is 0 Å². The van der Waals surface area contributed by atoms with Crippen molar-refractivity contribution in [2.24, 2.45) is 0 Å². The van der Waals surface area contributed by atoms with Crippen LogP contribution in [0, 0.1) is 5.82 Å². The van der Waals surface area contributed by atoms with E-state index in [9.17, 15) is 14.3 Å². The Morgan fingerprint density at radius 2 is 2.16 bits per heavy atom. The van der Waals surface area contributed by atoms with E-state index in [0.717, 1.165) is 43.6 Å². The van der Waals surface area contributed by atoms with Crippen LogP contribution in [0.5, 0.6) is 0 Å². The van der Waals surface area contributed by atoms with Gasteiger partial charge in [0.25, 0.3) is 5.91 Å². The van der Waals surface area contributed by atoms with Crippen LogP contribution in [0.1, 0.15) is 35.6 Å². The van der Waals surface area contributed by atoms with Crippen LogP contribution in [0.3, 0.4) is 0 Å². The molecule has 0 aliphatic carbocycles. The first-order valence-corrected chi connectivity index (χ1v) is 10.7. The van der Waals surface area contributed by atoms with Crippen LogP contribution in [0.2, 0.25) is 0 Å². The molecule has 3 aliphatic rings. The molecule has 162 valence electrons. The predicted molar refractivity (Wildman–Crippen MR) is 116 cm³/mol. The van der Waals surface area contributed by atoms with Gasteiger partial charge in [-0.2, -0.15) is 0 Å². The maximum Gasteiger partial charge on any atom is 0.260 e. The molecule has 0 radical (unpaired) electrons. The van der Waals surface area contributed by atoms with E-state index in [1.54, 1.807) is 13.0 Å². The number of aliphatic hydroxyl groups excluding tert-OH is 1. The molecular weight excluding hydrogens is 397 g/mol. The van der Waals surface area contributed by atoms with E-state index < -0.39 is 6.23 Å². The summed E-state index contributed by atoms with van der Waals surface area (Å²) in [6.07, 6.45) is 1.49. The highest BCUT2D eigenvalue weighted by atomic mass is 19.1. The predicted octanol–water partition coefficient (Wildman–Crippen LogP) is 2.72. The second kappa shape index (κ2) is 8.07. The molecule has 2 aromatic carbocycles. The van der Waals surface area contributed by atoms with Crippen molar-refractivity contribution in [3.05, 3.63) is 64.5 Å². The van der Waals surface area contributed by atoms with Crippen molar-refractivity contribution in [3.8, 4) is 0 Å². The van der Waals surface area contributed by atoms with Gasteiger partial charge >= 0.3 is 0 Å². The summed E-state index contributed by atoms with van der Waals surface area (Å²) < 4.78 is 19.7. The highest BCUT2D eigenvalue weighted by Crippen LogP contribution is 2.41. The molecule has 0 saturated carbocycles. The number of carbonyl (C=O) groups is 1. The lowest BCUT2D eigenvalue weighted by Crippen LogP contribution is -2.38. The van der Waals surface area contributed by atoms with Gasteiger partial charge in [-0.15, -0.1) is 0 Å². The van der Waals surface area contributed by atoms with E-state index >= 15 is 0 Å². The second-order valence-corrected chi connectivity index (χ2v) is 8.51. The molecule has 1 fully saturated rings. The molecule has 6 nitrogen and oxygen atoms in total. The van der Waals surface area contributed by atoms with Gasteiger partial charge in [-0.05, 0) is 50.1 Å². The van der Waals surface area contributed by atoms with Crippen LogP contribution in [0.25, 0.3) is 11.3 Å². The van der Waals surface area contributed by atoms with Crippen LogP contribution in [0.15, 0.2) is 36.4 Å². The summed E-state index contributed by atoms with van der Waals surface area (Å²) in [5.41, 5.74) is 4.72. The average molecular weight is 423 g/mol. The lowest BCUT2D eigenvalue weighted by Gasteiger charge is -2.18. The fourth-order valence-corrected chi connectivity index (χ4v) is 4.74. The molecule has 0 spiro atoms. The third-order valence-electron chi connectivity index (χ3n) is 6.21. The zero-order chi connectivity index (χ0) is 21.5. The molecule has 2 aromatic rings. The second-order valence-electron chi connectivity index (χ2n) is 8.51. The summed E-state index contributed by atoms with van der Waals surface area (Å²) in [6, 6.07) is 10.9. The minimum Gasteiger partial charge on any atom is -0.487 e. The van der Waals surface area contributed by atoms with Gasteiger partial charge in [-0.3, -0.25) is 10.1 Å². The lowest BCUT2D eigenvalue weighted by atomic mass is 9.98. The number of nitrogens with zero attached hydrogens (tertiary/aromatic N) is 1. The number of amides is 1. The molecule has 0 bridgehead atoms. The number of hydrogen-bond donors (Lipinski definition) is 3. The number of hydrogen-bond acceptors (Lipinski definition) is 5. The Labute approximate surface area is 180 Å². The Kier molecular flexibility index (Phi) is 5.25. The van der Waals surface area contributed by atoms with E-state index in [0.29, 0.717) is 35.2 Å². The van der Waals surface area contributed by atoms with Crippen LogP contribution < -0.4 is 10.6 Å². The number of anilines is 1. The lowest BCUT2D eigenvalue weighted by molar-refractivity contribution is -0.110. The van der Waals surface area contributed by atoms with Gasteiger partial charge in [0.1, 0.15) is 24.4 Å². The Morgan fingerprint density at radius 1 is 1.29 bits per heavy atom. The van der Waals surface area contributed by atoms with Crippen molar-refractivity contribution in [3.63, 3.8) is 0 Å². The van der Waals surface area contributed by atoms with Crippen molar-refractivity contribution in [1.29, 1.82) is 0 Å². The van der Waals surface area contributed by atoms with Gasteiger partial charge in [-0.1, -0.05) is 18.2 Å². The summed E-state index contributed by atoms with van der Waals surface area (Å²) in [6.45, 7) is 5.09. The SMILES string of the molecule is CC(O)NC1CCN(CCc2ccc3c(c2)CO/C3=C2/C(=O)Nc3ccc(F)cc32)C1. The Hall–Kier alpha value is -2.74. The number of halogens is 1. The summed E-state index contributed by atoms with van der Waals surface area (Å²) in [7, 11) is 0. The molecule has 2 unspecified atom stereocenters. The molecule has 1 saturated heterocycles. The van der Waals surface area contributed by atoms with E-state index in [-0.39, 0.29) is 11.7 Å². The maximum atomic E-state index is 13.8. The number of aliphatic hydroxyl groups is 1. The minimum absolute atomic E-state index is 0.262. The first-order valence-electron chi connectivity index (χ1n) is 10.7. The molecule has 5 rings (SSSR count). The molecule has 3 aliphatic heterocycles. The summed E-state index contributed by atoms with van der Waals surface area (Å²) in [5.74, 6) is -0.119. The smallest absolute Gasteiger partial charge is 0.260 e. The van der Waals surface area contributed by atoms with Crippen molar-refractivity contribution in [1.82, 2.24) is 10.2 Å². The van der Waals surface area contributed by atoms with Gasteiger partial charge < -0.3 is 20.1 Å². The molecule has 3 N–H and O–H groups in total. The third-order valence-corrected chi connectivity index (χ3v) is 6.21. The summed E-state index contributed by atoms with van der Waals surface area (Å²) in [4.78, 5) is 15.0. The maximum absolute atomic E-state index is 13.8. The highest BCUT2D eigenvalue weighted by Gasteiger charge is 2.33. The Balaban J connectivity index is 1.32. The molecule has 0 aromatic heterocycles. The summed E-state index contributed by atoms with van der Waals surface area (Å²) >= 11 is 0. The van der Waals surface area contributed by atoms with Gasteiger partial charge in [0.15, 0.2) is 0 Å². The van der Waals surface area contributed by atoms with Crippen LogP contribution >= 0.6 is 0 Å². The number of ether oxygens (including phenoxy) is 1. The molecular formula is C24H26FN3O3. The number of likely N-dealkylation sites (tertiary alicyclic amines) is 1. The molecule has 31 heavy (non-hydrogen) atoms. The van der Waals surface area contributed by atoms with Crippen molar-refractivity contribution < 1.29 is 19.0 Å². The number of benzene rings is 2. The fraction of sp³-hybridized carbons (Fsp3) is 0.375. The zero-order valence-electron chi connectivity index (χ0n) is 17.5. The van der Waals surface area contributed by atoms with Crippen LogP contribution in [0.4, 0.5) is 10.1 Å². The fourth-order valence-electron chi connectivity index (χ4n) is 4.74. The van der Waals surface area contributed by atoms with Crippen molar-refractivity contribution in [2.45, 2.75) is 38.6 Å². The molecule has 1 amide bonds. The topological polar surface area (TPSA) is 73.8 Å². The monoisotopic (exact) mass is 423 g/mol. The summed E-state index contributed by atoms with van der Waals surface area (Å²) in [5, 5.41) is 15.5. The van der Waals surface area contributed by atoms with Crippen molar-refractivity contribution in [2.75, 3.05) is 25.0 Å². The standard InChI is InChI=1S/C24H26FN3O3/c1-14(29)26-18-7-9-28(12-18)8-6-15-2-4-19-16(10-15)13-31-23(19)22-20-11-17(25)3-5-21(20)27-24(22)30/h2-5,10-11,14,18,26,29H,6-9,12-13H2,1H3,(H,27,30)/b23-22+. The number of nitrogens with one attached hydrogen (secondary N) is 2. The number of carbonyl (C=O) groups excluding carboxylic acids is 1. The van der Waals surface area contributed by atoms with Gasteiger partial charge in [0.05, 0.1) is 5.57 Å². The van der Waals surface area contributed by atoms with Crippen LogP contribution in [-0.4, -0.2) is 47.8 Å². The average Bonchev–Trinajstić information content (AvgIpc) is 3.42. The first kappa shape index (κ1) is 20.2. The van der Waals surface area contributed by atoms with Gasteiger partial charge in [-0.25, -0.2) is 4.39 Å². The Bertz CT molecular complexity index is 1070. The zero-order valence-corrected chi connectivity index (χ0v) is 17.5.